The van der Waals surface area contributed by atoms with Gasteiger partial charge in [-0.15, -0.1) is 0 Å². The van der Waals surface area contributed by atoms with Crippen LogP contribution in [0, 0.1) is 30.6 Å². The summed E-state index contributed by atoms with van der Waals surface area (Å²) in [5.74, 6) is -3.80. The monoisotopic (exact) mass is 759 g/mol. The first-order chi connectivity index (χ1) is 25.3. The lowest BCUT2D eigenvalue weighted by Gasteiger charge is -2.48. The lowest BCUT2D eigenvalue weighted by atomic mass is 9.73. The van der Waals surface area contributed by atoms with Gasteiger partial charge >= 0.3 is 5.97 Å². The highest BCUT2D eigenvalue weighted by atomic mass is 16.7. The van der Waals surface area contributed by atoms with E-state index in [1.807, 2.05) is 67.8 Å². The molecule has 13 atom stereocenters. The summed E-state index contributed by atoms with van der Waals surface area (Å²) in [4.78, 5) is 40.6. The summed E-state index contributed by atoms with van der Waals surface area (Å²) in [5.41, 5.74) is 0.0515. The molecule has 3 aliphatic heterocycles. The van der Waals surface area contributed by atoms with Gasteiger partial charge in [0.25, 0.3) is 0 Å². The molecule has 304 valence electrons. The Hall–Kier alpha value is -2.78. The Balaban J connectivity index is 1.87. The number of methoxy groups -OCH3 is 1. The molecule has 54 heavy (non-hydrogen) atoms. The van der Waals surface area contributed by atoms with Crippen molar-refractivity contribution in [1.82, 2.24) is 9.88 Å². The highest BCUT2D eigenvalue weighted by molar-refractivity contribution is 6.00. The van der Waals surface area contributed by atoms with Crippen molar-refractivity contribution < 1.29 is 48.0 Å². The fraction of sp³-hybridized carbons (Fsp3) is 0.756. The second-order valence-corrected chi connectivity index (χ2v) is 16.4. The average molecular weight is 760 g/mol. The number of fused-ring (bicyclic) bond motifs is 5. The number of oxime groups is 1. The molecular formula is C41H65N3O10. The van der Waals surface area contributed by atoms with Crippen LogP contribution in [0.25, 0.3) is 0 Å². The molecule has 0 spiro atoms. The number of Topliss-reactive ketones (excluding diaryl/α,β-unsaturated/α-hetero) is 1. The molecule has 3 aliphatic rings. The Bertz CT molecular complexity index is 1470. The average Bonchev–Trinajstić information content (AvgIpc) is 3.14. The standard InChI is InChI=1S/C41H65N3O10/c1-14-33-41(10,47)37-27(6)26(5)24(3)18-40(9,50-21-31(20-49-37)43-51-22-30-16-15-23(2)19-42-30)36(28(7)34(45)29(8)38(46)53-33)54-39-35(48-13)32(44(11)12)17-25(4)52-39/h15-16,19,24-25,27-29,32-33,35-37,39,47H,5,14,17-18,20-22H2,1-4,6-13H3/t24-,25-,27+,28+,29?,32+,33-,35-,36-,37-,39?,40-,41-/m1/s1. The number of aromatic nitrogens is 1. The number of likely N-dealkylation sites (N-methyl/N-ethyl adjacent to an activating group) is 1. The van der Waals surface area contributed by atoms with Gasteiger partial charge < -0.3 is 43.3 Å². The van der Waals surface area contributed by atoms with Crippen molar-refractivity contribution in [3.63, 3.8) is 0 Å². The second-order valence-electron chi connectivity index (χ2n) is 16.4. The smallest absolute Gasteiger partial charge is 0.316 e. The first kappa shape index (κ1) is 43.9. The predicted octanol–water partition coefficient (Wildman–Crippen LogP) is 5.05. The third-order valence-electron chi connectivity index (χ3n) is 11.7. The van der Waals surface area contributed by atoms with Crippen LogP contribution in [0.3, 0.4) is 0 Å². The van der Waals surface area contributed by atoms with E-state index in [9.17, 15) is 14.7 Å². The van der Waals surface area contributed by atoms with Crippen LogP contribution < -0.4 is 0 Å². The SMILES string of the molecule is C=C1[C@H](C)C[C@@]2(C)OCC(=NOCc3ccc(C)cn3)CO[C@H]([C@H]1C)[C@](C)(O)[C@@H](CC)OC(=O)C(C)C(=O)[C@H](C)[C@H]2OC1O[C@H](C)C[C@H](N(C)C)[C@H]1OC. The largest absolute Gasteiger partial charge is 0.459 e. The van der Waals surface area contributed by atoms with Crippen molar-refractivity contribution in [3.8, 4) is 0 Å². The topological polar surface area (TPSA) is 147 Å². The number of nitrogens with zero attached hydrogens (tertiary/aromatic N) is 3. The van der Waals surface area contributed by atoms with E-state index in [0.717, 1.165) is 17.6 Å². The third kappa shape index (κ3) is 9.96. The summed E-state index contributed by atoms with van der Waals surface area (Å²) in [5, 5.41) is 16.7. The van der Waals surface area contributed by atoms with Crippen molar-refractivity contribution >= 4 is 17.5 Å². The van der Waals surface area contributed by atoms with E-state index in [0.29, 0.717) is 17.8 Å². The van der Waals surface area contributed by atoms with E-state index in [1.165, 1.54) is 6.92 Å². The summed E-state index contributed by atoms with van der Waals surface area (Å²) >= 11 is 0. The quantitative estimate of drug-likeness (QED) is 0.164. The Kier molecular flexibility index (Phi) is 15.0. The maximum Gasteiger partial charge on any atom is 0.316 e. The molecule has 13 nitrogen and oxygen atoms in total. The lowest BCUT2D eigenvalue weighted by Crippen LogP contribution is -2.60. The van der Waals surface area contributed by atoms with Crippen molar-refractivity contribution in [2.75, 3.05) is 34.4 Å². The number of ketones is 1. The number of hydrogen-bond donors (Lipinski definition) is 1. The fourth-order valence-corrected chi connectivity index (χ4v) is 8.30. The Morgan fingerprint density at radius 3 is 2.41 bits per heavy atom. The molecule has 1 aromatic heterocycles. The van der Waals surface area contributed by atoms with Crippen LogP contribution in [-0.4, -0.2) is 121 Å². The first-order valence-corrected chi connectivity index (χ1v) is 19.3. The number of carbonyl (C=O) groups excluding carboxylic acids is 2. The summed E-state index contributed by atoms with van der Waals surface area (Å²) < 4.78 is 38.9. The van der Waals surface area contributed by atoms with E-state index in [-0.39, 0.29) is 44.3 Å². The summed E-state index contributed by atoms with van der Waals surface area (Å²) in [6, 6.07) is 3.79. The van der Waals surface area contributed by atoms with Crippen molar-refractivity contribution in [1.29, 1.82) is 0 Å². The highest BCUT2D eigenvalue weighted by Gasteiger charge is 2.52. The molecule has 0 saturated carbocycles. The number of hydrogen-bond acceptors (Lipinski definition) is 13. The number of esters is 1. The minimum Gasteiger partial charge on any atom is -0.459 e. The second kappa shape index (κ2) is 18.4. The maximum absolute atomic E-state index is 14.4. The maximum atomic E-state index is 14.4. The molecule has 4 heterocycles. The molecule has 0 aromatic carbocycles. The van der Waals surface area contributed by atoms with Gasteiger partial charge in [-0.3, -0.25) is 14.6 Å². The molecule has 2 bridgehead atoms. The molecule has 2 unspecified atom stereocenters. The van der Waals surface area contributed by atoms with Gasteiger partial charge in [0.2, 0.25) is 0 Å². The zero-order valence-corrected chi connectivity index (χ0v) is 34.5. The minimum absolute atomic E-state index is 0.0326. The van der Waals surface area contributed by atoms with E-state index >= 15 is 0 Å². The van der Waals surface area contributed by atoms with E-state index in [4.69, 9.17) is 33.3 Å². The van der Waals surface area contributed by atoms with Gasteiger partial charge in [0.1, 0.15) is 29.4 Å². The molecule has 4 rings (SSSR count). The number of aliphatic hydroxyl groups is 1. The number of pyridine rings is 1. The van der Waals surface area contributed by atoms with Gasteiger partial charge in [-0.1, -0.05) is 51.1 Å². The molecule has 1 aromatic rings. The van der Waals surface area contributed by atoms with Crippen molar-refractivity contribution in [2.24, 2.45) is 28.8 Å². The number of carbonyl (C=O) groups is 2. The molecule has 0 amide bonds. The Morgan fingerprint density at radius 1 is 1.09 bits per heavy atom. The molecule has 3 fully saturated rings. The van der Waals surface area contributed by atoms with Crippen molar-refractivity contribution in [3.05, 3.63) is 41.7 Å². The number of rotatable bonds is 8. The zero-order chi connectivity index (χ0) is 40.1. The Labute approximate surface area is 322 Å². The van der Waals surface area contributed by atoms with Crippen LogP contribution in [-0.2, 0) is 49.5 Å². The number of ether oxygens (including phenoxy) is 6. The first-order valence-electron chi connectivity index (χ1n) is 19.3. The van der Waals surface area contributed by atoms with Gasteiger partial charge in [0, 0.05) is 31.2 Å². The molecule has 13 heteroatoms. The van der Waals surface area contributed by atoms with E-state index in [2.05, 4.69) is 21.6 Å². The van der Waals surface area contributed by atoms with Gasteiger partial charge in [-0.25, -0.2) is 0 Å². The number of aryl methyl sites for hydroxylation is 1. The molecule has 1 N–H and O–H groups in total. The fourth-order valence-electron chi connectivity index (χ4n) is 8.30. The van der Waals surface area contributed by atoms with Crippen LogP contribution in [0.15, 0.2) is 35.6 Å². The zero-order valence-electron chi connectivity index (χ0n) is 34.5. The predicted molar refractivity (Wildman–Crippen MR) is 204 cm³/mol. The minimum atomic E-state index is -1.68. The molecule has 0 aliphatic carbocycles. The summed E-state index contributed by atoms with van der Waals surface area (Å²) in [7, 11) is 5.61. The Morgan fingerprint density at radius 2 is 1.80 bits per heavy atom. The van der Waals surface area contributed by atoms with E-state index in [1.54, 1.807) is 27.2 Å². The van der Waals surface area contributed by atoms with Gasteiger partial charge in [0.05, 0.1) is 42.8 Å². The van der Waals surface area contributed by atoms with Crippen LogP contribution in [0.5, 0.6) is 0 Å². The lowest BCUT2D eigenvalue weighted by molar-refractivity contribution is -0.300. The summed E-state index contributed by atoms with van der Waals surface area (Å²) in [6.45, 7) is 21.1. The summed E-state index contributed by atoms with van der Waals surface area (Å²) in [6.07, 6.45) is -1.24. The third-order valence-corrected chi connectivity index (χ3v) is 11.7. The van der Waals surface area contributed by atoms with Crippen LogP contribution in [0.2, 0.25) is 0 Å². The van der Waals surface area contributed by atoms with Crippen LogP contribution in [0.1, 0.15) is 85.9 Å². The van der Waals surface area contributed by atoms with Gasteiger partial charge in [-0.2, -0.15) is 0 Å². The van der Waals surface area contributed by atoms with Crippen LogP contribution in [0.4, 0.5) is 0 Å². The molecule has 0 radical (unpaired) electrons. The normalized spacial score (nSPS) is 39.8. The number of cyclic esters (lactones) is 1. The van der Waals surface area contributed by atoms with Crippen molar-refractivity contribution in [2.45, 2.75) is 142 Å². The highest BCUT2D eigenvalue weighted by Crippen LogP contribution is 2.42. The van der Waals surface area contributed by atoms with Gasteiger partial charge in [-0.05, 0) is 85.5 Å². The van der Waals surface area contributed by atoms with Crippen LogP contribution >= 0.6 is 0 Å². The molecular weight excluding hydrogens is 694 g/mol. The van der Waals surface area contributed by atoms with Gasteiger partial charge in [0.15, 0.2) is 18.7 Å². The molecule has 3 saturated heterocycles. The van der Waals surface area contributed by atoms with E-state index < -0.39 is 71.4 Å².